The molecule has 1 aliphatic heterocycles. The quantitative estimate of drug-likeness (QED) is 0.849. The van der Waals surface area contributed by atoms with Crippen molar-refractivity contribution in [3.8, 4) is 5.75 Å². The van der Waals surface area contributed by atoms with Crippen LogP contribution in [0.25, 0.3) is 0 Å². The Bertz CT molecular complexity index is 739. The molecule has 6 heteroatoms. The van der Waals surface area contributed by atoms with Crippen molar-refractivity contribution in [3.05, 3.63) is 58.9 Å². The zero-order valence-electron chi connectivity index (χ0n) is 14.1. The number of carboxylic acid groups (broad SMARTS) is 1. The normalized spacial score (nSPS) is 18.9. The van der Waals surface area contributed by atoms with Crippen LogP contribution in [0.5, 0.6) is 5.75 Å². The first kappa shape index (κ1) is 17.7. The van der Waals surface area contributed by atoms with Gasteiger partial charge in [0.15, 0.2) is 0 Å². The summed E-state index contributed by atoms with van der Waals surface area (Å²) in [6.07, 6.45) is 3.19. The van der Waals surface area contributed by atoms with Gasteiger partial charge >= 0.3 is 5.97 Å². The maximum absolute atomic E-state index is 11.7. The number of hydrogen-bond donors (Lipinski definition) is 1. The molecule has 25 heavy (non-hydrogen) atoms. The largest absolute Gasteiger partial charge is 0.494 e. The molecule has 2 unspecified atom stereocenters. The van der Waals surface area contributed by atoms with Gasteiger partial charge in [-0.3, -0.25) is 14.7 Å². The third-order valence-electron chi connectivity index (χ3n) is 4.45. The van der Waals surface area contributed by atoms with Crippen LogP contribution in [0.2, 0.25) is 5.02 Å². The molecule has 1 saturated heterocycles. The van der Waals surface area contributed by atoms with E-state index >= 15 is 0 Å². The Hall–Kier alpha value is -2.11. The minimum atomic E-state index is -0.807. The molecule has 2 atom stereocenters. The molecule has 0 aliphatic carbocycles. The standard InChI is InChI=1S/C19H21ClN2O3/c1-2-25-17-9-8-13(20)12-14(17)18(15-6-3-4-10-21-15)22-11-5-7-16(22)19(23)24/h3-4,6,8-10,12,16,18H,2,5,7,11H2,1H3,(H,23,24). The summed E-state index contributed by atoms with van der Waals surface area (Å²) in [5, 5.41) is 10.2. The second kappa shape index (κ2) is 7.85. The summed E-state index contributed by atoms with van der Waals surface area (Å²) < 4.78 is 5.79. The first-order chi connectivity index (χ1) is 12.1. The highest BCUT2D eigenvalue weighted by atomic mass is 35.5. The van der Waals surface area contributed by atoms with E-state index < -0.39 is 12.0 Å². The first-order valence-electron chi connectivity index (χ1n) is 8.43. The number of likely N-dealkylation sites (tertiary alicyclic amines) is 1. The fourth-order valence-corrected chi connectivity index (χ4v) is 3.61. The summed E-state index contributed by atoms with van der Waals surface area (Å²) in [7, 11) is 0. The van der Waals surface area contributed by atoms with Crippen molar-refractivity contribution in [2.75, 3.05) is 13.2 Å². The van der Waals surface area contributed by atoms with Gasteiger partial charge in [0.2, 0.25) is 0 Å². The number of nitrogens with zero attached hydrogens (tertiary/aromatic N) is 2. The molecule has 1 N–H and O–H groups in total. The number of hydrogen-bond acceptors (Lipinski definition) is 4. The third kappa shape index (κ3) is 3.78. The maximum atomic E-state index is 11.7. The molecule has 3 rings (SSSR count). The smallest absolute Gasteiger partial charge is 0.320 e. The van der Waals surface area contributed by atoms with Gasteiger partial charge in [-0.15, -0.1) is 0 Å². The fourth-order valence-electron chi connectivity index (χ4n) is 3.43. The van der Waals surface area contributed by atoms with E-state index in [4.69, 9.17) is 16.3 Å². The lowest BCUT2D eigenvalue weighted by molar-refractivity contribution is -0.142. The Morgan fingerprint density at radius 2 is 2.28 bits per heavy atom. The van der Waals surface area contributed by atoms with Gasteiger partial charge in [-0.2, -0.15) is 0 Å². The van der Waals surface area contributed by atoms with E-state index in [1.807, 2.05) is 42.2 Å². The van der Waals surface area contributed by atoms with Crippen LogP contribution in [0, 0.1) is 0 Å². The molecule has 0 amide bonds. The summed E-state index contributed by atoms with van der Waals surface area (Å²) in [4.78, 5) is 18.2. The van der Waals surface area contributed by atoms with Crippen LogP contribution in [0.15, 0.2) is 42.6 Å². The molecule has 5 nitrogen and oxygen atoms in total. The Morgan fingerprint density at radius 1 is 1.44 bits per heavy atom. The van der Waals surface area contributed by atoms with Crippen molar-refractivity contribution in [2.24, 2.45) is 0 Å². The number of ether oxygens (including phenoxy) is 1. The number of rotatable bonds is 6. The number of carbonyl (C=O) groups is 1. The van der Waals surface area contributed by atoms with E-state index in [1.165, 1.54) is 0 Å². The van der Waals surface area contributed by atoms with E-state index in [0.29, 0.717) is 30.3 Å². The predicted molar refractivity (Wildman–Crippen MR) is 96.1 cm³/mol. The van der Waals surface area contributed by atoms with Gasteiger partial charge in [-0.25, -0.2) is 0 Å². The average molecular weight is 361 g/mol. The topological polar surface area (TPSA) is 62.7 Å². The average Bonchev–Trinajstić information content (AvgIpc) is 3.08. The van der Waals surface area contributed by atoms with Crippen LogP contribution in [0.1, 0.15) is 37.1 Å². The maximum Gasteiger partial charge on any atom is 0.320 e. The van der Waals surface area contributed by atoms with Gasteiger partial charge in [0.1, 0.15) is 11.8 Å². The predicted octanol–water partition coefficient (Wildman–Crippen LogP) is 3.77. The minimum absolute atomic E-state index is 0.315. The van der Waals surface area contributed by atoms with E-state index in [9.17, 15) is 9.90 Å². The van der Waals surface area contributed by atoms with E-state index in [0.717, 1.165) is 17.7 Å². The summed E-state index contributed by atoms with van der Waals surface area (Å²) in [5.74, 6) is -0.1000. The number of aliphatic carboxylic acids is 1. The third-order valence-corrected chi connectivity index (χ3v) is 4.68. The van der Waals surface area contributed by atoms with Gasteiger partial charge in [0.25, 0.3) is 0 Å². The minimum Gasteiger partial charge on any atom is -0.494 e. The molecule has 1 aromatic heterocycles. The lowest BCUT2D eigenvalue weighted by Gasteiger charge is -2.32. The van der Waals surface area contributed by atoms with Crippen LogP contribution in [-0.2, 0) is 4.79 Å². The highest BCUT2D eigenvalue weighted by Crippen LogP contribution is 2.39. The van der Waals surface area contributed by atoms with Crippen molar-refractivity contribution < 1.29 is 14.6 Å². The number of halogens is 1. The van der Waals surface area contributed by atoms with Crippen LogP contribution < -0.4 is 4.74 Å². The number of benzene rings is 1. The molecule has 2 aromatic rings. The first-order valence-corrected chi connectivity index (χ1v) is 8.81. The molecule has 1 fully saturated rings. The summed E-state index contributed by atoms with van der Waals surface area (Å²) in [5.41, 5.74) is 1.64. The Morgan fingerprint density at radius 3 is 2.96 bits per heavy atom. The lowest BCUT2D eigenvalue weighted by atomic mass is 9.99. The SMILES string of the molecule is CCOc1ccc(Cl)cc1C(c1ccccn1)N1CCCC1C(=O)O. The molecule has 132 valence electrons. The van der Waals surface area contributed by atoms with Gasteiger partial charge in [0.05, 0.1) is 18.3 Å². The van der Waals surface area contributed by atoms with E-state index in [2.05, 4.69) is 4.98 Å². The zero-order valence-corrected chi connectivity index (χ0v) is 14.8. The highest BCUT2D eigenvalue weighted by Gasteiger charge is 2.38. The van der Waals surface area contributed by atoms with Crippen molar-refractivity contribution in [2.45, 2.75) is 31.8 Å². The lowest BCUT2D eigenvalue weighted by Crippen LogP contribution is -2.39. The van der Waals surface area contributed by atoms with Crippen molar-refractivity contribution >= 4 is 17.6 Å². The fraction of sp³-hybridized carbons (Fsp3) is 0.368. The van der Waals surface area contributed by atoms with Gasteiger partial charge < -0.3 is 9.84 Å². The Balaban J connectivity index is 2.12. The highest BCUT2D eigenvalue weighted by molar-refractivity contribution is 6.30. The van der Waals surface area contributed by atoms with Crippen molar-refractivity contribution in [1.82, 2.24) is 9.88 Å². The monoisotopic (exact) mass is 360 g/mol. The van der Waals surface area contributed by atoms with Gasteiger partial charge in [0, 0.05) is 23.3 Å². The molecule has 0 radical (unpaired) electrons. The second-order valence-corrected chi connectivity index (χ2v) is 6.44. The number of carboxylic acids is 1. The molecule has 0 bridgehead atoms. The number of aromatic nitrogens is 1. The van der Waals surface area contributed by atoms with Crippen LogP contribution in [0.3, 0.4) is 0 Å². The summed E-state index contributed by atoms with van der Waals surface area (Å²) >= 11 is 6.24. The molecule has 2 heterocycles. The number of pyridine rings is 1. The van der Waals surface area contributed by atoms with E-state index in [-0.39, 0.29) is 6.04 Å². The van der Waals surface area contributed by atoms with Crippen molar-refractivity contribution in [3.63, 3.8) is 0 Å². The second-order valence-electron chi connectivity index (χ2n) is 6.01. The van der Waals surface area contributed by atoms with Crippen LogP contribution in [-0.4, -0.2) is 40.2 Å². The van der Waals surface area contributed by atoms with Gasteiger partial charge in [-0.05, 0) is 50.1 Å². The summed E-state index contributed by atoms with van der Waals surface area (Å²) in [6.45, 7) is 3.13. The van der Waals surface area contributed by atoms with E-state index in [1.54, 1.807) is 12.3 Å². The molecular weight excluding hydrogens is 340 g/mol. The molecule has 1 aromatic carbocycles. The van der Waals surface area contributed by atoms with Gasteiger partial charge in [-0.1, -0.05) is 17.7 Å². The Kier molecular flexibility index (Phi) is 5.56. The zero-order chi connectivity index (χ0) is 17.8. The molecule has 0 saturated carbocycles. The molecule has 0 spiro atoms. The Labute approximate surface area is 152 Å². The summed E-state index contributed by atoms with van der Waals surface area (Å²) in [6, 6.07) is 10.3. The molecular formula is C19H21ClN2O3. The van der Waals surface area contributed by atoms with Crippen LogP contribution in [0.4, 0.5) is 0 Å². The van der Waals surface area contributed by atoms with Crippen molar-refractivity contribution in [1.29, 1.82) is 0 Å². The van der Waals surface area contributed by atoms with Crippen LogP contribution >= 0.6 is 11.6 Å². The molecule has 1 aliphatic rings.